The van der Waals surface area contributed by atoms with Crippen LogP contribution in [0, 0.1) is 0 Å². The minimum atomic E-state index is -4.72. The fourth-order valence-corrected chi connectivity index (χ4v) is 0.797. The molecule has 1 N–H and O–H groups in total. The summed E-state index contributed by atoms with van der Waals surface area (Å²) in [6, 6.07) is 0. The molecule has 5 nitrogen and oxygen atoms in total. The van der Waals surface area contributed by atoms with Crippen molar-refractivity contribution in [3.05, 3.63) is 12.7 Å². The van der Waals surface area contributed by atoms with Crippen LogP contribution in [0.3, 0.4) is 0 Å². The van der Waals surface area contributed by atoms with Crippen molar-refractivity contribution in [3.8, 4) is 0 Å². The van der Waals surface area contributed by atoms with Gasteiger partial charge in [-0.2, -0.15) is 4.28 Å². The van der Waals surface area contributed by atoms with Gasteiger partial charge in [-0.1, -0.05) is 18.3 Å². The van der Waals surface area contributed by atoms with E-state index >= 15 is 0 Å². The van der Waals surface area contributed by atoms with Crippen LogP contribution in [0.25, 0.3) is 0 Å². The highest BCUT2D eigenvalue weighted by atomic mass is 32.3. The Morgan fingerprint density at radius 3 is 2.75 bits per heavy atom. The molecule has 0 radical (unpaired) electrons. The molecule has 0 amide bonds. The first kappa shape index (κ1) is 11.5. The number of hydrogen-bond donors (Lipinski definition) is 1. The highest BCUT2D eigenvalue weighted by Gasteiger charge is 1.97. The largest absolute Gasteiger partial charge is 0.724 e. The van der Waals surface area contributed by atoms with Crippen LogP contribution in [-0.2, 0) is 14.7 Å². The zero-order valence-electron chi connectivity index (χ0n) is 6.15. The van der Waals surface area contributed by atoms with Crippen molar-refractivity contribution in [1.82, 2.24) is 5.48 Å². The molecule has 0 aliphatic carbocycles. The van der Waals surface area contributed by atoms with Crippen molar-refractivity contribution in [2.45, 2.75) is 12.8 Å². The van der Waals surface area contributed by atoms with Gasteiger partial charge in [-0.25, -0.2) is 13.9 Å². The summed E-state index contributed by atoms with van der Waals surface area (Å²) in [7, 11) is -4.72. The van der Waals surface area contributed by atoms with E-state index in [4.69, 9.17) is 0 Å². The van der Waals surface area contributed by atoms with Crippen molar-refractivity contribution in [2.75, 3.05) is 0 Å². The second-order valence-electron chi connectivity index (χ2n) is 1.84. The average Bonchev–Trinajstić information content (AvgIpc) is 1.95. The third-order valence-electron chi connectivity index (χ3n) is 0.833. The molecule has 12 heavy (non-hydrogen) atoms. The first-order valence-electron chi connectivity index (χ1n) is 2.99. The zero-order valence-corrected chi connectivity index (χ0v) is 7.78. The summed E-state index contributed by atoms with van der Waals surface area (Å²) in [5, 5.41) is 0. The van der Waals surface area contributed by atoms with E-state index in [-0.39, 0.29) is 4.99 Å². The summed E-state index contributed by atoms with van der Waals surface area (Å²) in [6.45, 7) is 3.43. The standard InChI is InChI=1S/C5H9NO4S2/c1-2-3-4-5(11)6-10-12(7,8)9/h2H,1,3-4H2,(H,6,11)(H,7,8,9)/p-1. The molecular formula is C5H8NO4S2-. The molecule has 7 heteroatoms. The zero-order chi connectivity index (χ0) is 9.61. The molecule has 0 aromatic rings. The van der Waals surface area contributed by atoms with Gasteiger partial charge < -0.3 is 4.55 Å². The minimum absolute atomic E-state index is 0.148. The van der Waals surface area contributed by atoms with E-state index in [0.717, 1.165) is 0 Å². The maximum Gasteiger partial charge on any atom is 0.238 e. The van der Waals surface area contributed by atoms with E-state index in [1.54, 1.807) is 6.08 Å². The van der Waals surface area contributed by atoms with E-state index in [0.29, 0.717) is 12.8 Å². The third kappa shape index (κ3) is 7.61. The Balaban J connectivity index is 3.65. The van der Waals surface area contributed by atoms with Crippen LogP contribution in [0.4, 0.5) is 0 Å². The fraction of sp³-hybridized carbons (Fsp3) is 0.400. The molecule has 0 fully saturated rings. The van der Waals surface area contributed by atoms with Gasteiger partial charge in [0.05, 0.1) is 0 Å². The summed E-state index contributed by atoms with van der Waals surface area (Å²) in [5.41, 5.74) is 1.84. The molecule has 0 aliphatic rings. The van der Waals surface area contributed by atoms with Crippen molar-refractivity contribution in [3.63, 3.8) is 0 Å². The normalized spacial score (nSPS) is 10.8. The highest BCUT2D eigenvalue weighted by Crippen LogP contribution is 1.92. The number of rotatable bonds is 5. The Hall–Kier alpha value is -0.500. The van der Waals surface area contributed by atoms with Crippen LogP contribution in [0.1, 0.15) is 12.8 Å². The molecule has 0 atom stereocenters. The summed E-state index contributed by atoms with van der Waals surface area (Å²) in [6.07, 6.45) is 2.60. The molecular weight excluding hydrogens is 202 g/mol. The smallest absolute Gasteiger partial charge is 0.238 e. The first-order valence-corrected chi connectivity index (χ1v) is 4.74. The summed E-state index contributed by atoms with van der Waals surface area (Å²) in [5.74, 6) is 0. The molecule has 0 bridgehead atoms. The Kier molecular flexibility index (Phi) is 4.98. The molecule has 0 heterocycles. The van der Waals surface area contributed by atoms with E-state index < -0.39 is 10.4 Å². The Morgan fingerprint density at radius 1 is 1.75 bits per heavy atom. The molecule has 0 spiro atoms. The van der Waals surface area contributed by atoms with Crippen LogP contribution < -0.4 is 5.48 Å². The van der Waals surface area contributed by atoms with Gasteiger partial charge in [0, 0.05) is 6.42 Å². The molecule has 0 saturated carbocycles. The van der Waals surface area contributed by atoms with E-state index in [2.05, 4.69) is 23.1 Å². The number of thiocarbonyl (C=S) groups is 1. The van der Waals surface area contributed by atoms with Crippen molar-refractivity contribution < 1.29 is 17.3 Å². The minimum Gasteiger partial charge on any atom is -0.724 e. The van der Waals surface area contributed by atoms with Crippen LogP contribution in [0.5, 0.6) is 0 Å². The summed E-state index contributed by atoms with van der Waals surface area (Å²) in [4.78, 5) is 0.148. The number of hydroxylamine groups is 1. The van der Waals surface area contributed by atoms with Gasteiger partial charge in [-0.3, -0.25) is 0 Å². The average molecular weight is 210 g/mol. The SMILES string of the molecule is C=CCCC(=S)NOS(=O)(=O)[O-]. The van der Waals surface area contributed by atoms with E-state index in [9.17, 15) is 13.0 Å². The van der Waals surface area contributed by atoms with Crippen molar-refractivity contribution in [2.24, 2.45) is 0 Å². The van der Waals surface area contributed by atoms with E-state index in [1.165, 1.54) is 0 Å². The van der Waals surface area contributed by atoms with Crippen LogP contribution in [0.2, 0.25) is 0 Å². The van der Waals surface area contributed by atoms with E-state index in [1.807, 2.05) is 5.48 Å². The van der Waals surface area contributed by atoms with Gasteiger partial charge in [0.2, 0.25) is 10.4 Å². The molecule has 0 aliphatic heterocycles. The second-order valence-corrected chi connectivity index (χ2v) is 3.32. The maximum atomic E-state index is 9.89. The molecule has 0 aromatic heterocycles. The molecule has 0 aromatic carbocycles. The van der Waals surface area contributed by atoms with Crippen LogP contribution >= 0.6 is 12.2 Å². The maximum absolute atomic E-state index is 9.89. The topological polar surface area (TPSA) is 78.5 Å². The molecule has 0 rings (SSSR count). The second kappa shape index (κ2) is 5.20. The van der Waals surface area contributed by atoms with Gasteiger partial charge >= 0.3 is 0 Å². The van der Waals surface area contributed by atoms with Gasteiger partial charge in [-0.05, 0) is 6.42 Å². The monoisotopic (exact) mass is 210 g/mol. The number of allylic oxidation sites excluding steroid dienone is 1. The molecule has 70 valence electrons. The quantitative estimate of drug-likeness (QED) is 0.230. The lowest BCUT2D eigenvalue weighted by atomic mass is 10.3. The first-order chi connectivity index (χ1) is 5.45. The van der Waals surface area contributed by atoms with Crippen molar-refractivity contribution in [1.29, 1.82) is 0 Å². The Bertz CT molecular complexity index is 259. The van der Waals surface area contributed by atoms with Gasteiger partial charge in [0.1, 0.15) is 4.99 Å². The highest BCUT2D eigenvalue weighted by molar-refractivity contribution is 7.81. The Labute approximate surface area is 76.3 Å². The lowest BCUT2D eigenvalue weighted by Gasteiger charge is -2.08. The lowest BCUT2D eigenvalue weighted by Crippen LogP contribution is -2.25. The predicted octanol–water partition coefficient (Wildman–Crippen LogP) is 0.261. The molecule has 0 saturated heterocycles. The van der Waals surface area contributed by atoms with Gasteiger partial charge in [0.15, 0.2) is 0 Å². The van der Waals surface area contributed by atoms with Crippen molar-refractivity contribution >= 4 is 27.6 Å². The van der Waals surface area contributed by atoms with Crippen LogP contribution in [0.15, 0.2) is 12.7 Å². The number of hydrogen-bond acceptors (Lipinski definition) is 5. The van der Waals surface area contributed by atoms with Crippen LogP contribution in [-0.4, -0.2) is 18.0 Å². The Morgan fingerprint density at radius 2 is 2.33 bits per heavy atom. The fourth-order valence-electron chi connectivity index (χ4n) is 0.382. The lowest BCUT2D eigenvalue weighted by molar-refractivity contribution is 0.221. The van der Waals surface area contributed by atoms with Gasteiger partial charge in [-0.15, -0.1) is 6.58 Å². The summed E-state index contributed by atoms with van der Waals surface area (Å²) >= 11 is 4.60. The predicted molar refractivity (Wildman–Crippen MR) is 45.9 cm³/mol. The molecule has 0 unspecified atom stereocenters. The third-order valence-corrected chi connectivity index (χ3v) is 1.41. The van der Waals surface area contributed by atoms with Gasteiger partial charge in [0.25, 0.3) is 0 Å². The number of nitrogens with one attached hydrogen (secondary N) is 1. The summed E-state index contributed by atoms with van der Waals surface area (Å²) < 4.78 is 33.3.